The Hall–Kier alpha value is -1.60. The fourth-order valence-electron chi connectivity index (χ4n) is 1.52. The number of para-hydroxylation sites is 1. The summed E-state index contributed by atoms with van der Waals surface area (Å²) in [7, 11) is 0. The average molecular weight is 282 g/mol. The SMILES string of the molecule is O=C(O)c1ccccc1NCN1C(=O)CSC1=S. The second-order valence-electron chi connectivity index (χ2n) is 3.56. The molecule has 5 nitrogen and oxygen atoms in total. The first-order chi connectivity index (χ1) is 8.59. The fraction of sp³-hybridized carbons (Fsp3) is 0.182. The van der Waals surface area contributed by atoms with Gasteiger partial charge in [0, 0.05) is 0 Å². The molecule has 7 heteroatoms. The van der Waals surface area contributed by atoms with E-state index in [2.05, 4.69) is 5.32 Å². The van der Waals surface area contributed by atoms with Crippen LogP contribution in [0.1, 0.15) is 10.4 Å². The minimum Gasteiger partial charge on any atom is -0.478 e. The summed E-state index contributed by atoms with van der Waals surface area (Å²) in [6, 6.07) is 6.54. The Morgan fingerprint density at radius 1 is 1.50 bits per heavy atom. The van der Waals surface area contributed by atoms with Gasteiger partial charge in [0.15, 0.2) is 0 Å². The number of carbonyl (C=O) groups is 2. The molecule has 1 amide bonds. The maximum atomic E-state index is 11.5. The molecule has 94 valence electrons. The number of hydrogen-bond acceptors (Lipinski definition) is 5. The van der Waals surface area contributed by atoms with E-state index in [1.54, 1.807) is 18.2 Å². The van der Waals surface area contributed by atoms with E-state index in [0.29, 0.717) is 15.8 Å². The van der Waals surface area contributed by atoms with Crippen LogP contribution in [-0.4, -0.2) is 38.6 Å². The number of nitrogens with zero attached hydrogens (tertiary/aromatic N) is 1. The summed E-state index contributed by atoms with van der Waals surface area (Å²) in [5, 5.41) is 11.9. The molecule has 1 aromatic rings. The van der Waals surface area contributed by atoms with Gasteiger partial charge in [-0.2, -0.15) is 0 Å². The zero-order valence-corrected chi connectivity index (χ0v) is 10.9. The summed E-state index contributed by atoms with van der Waals surface area (Å²) in [6.45, 7) is 0.189. The molecule has 1 aliphatic heterocycles. The van der Waals surface area contributed by atoms with Crippen LogP contribution in [0, 0.1) is 0 Å². The average Bonchev–Trinajstić information content (AvgIpc) is 2.67. The number of carbonyl (C=O) groups excluding carboxylic acids is 1. The third-order valence-corrected chi connectivity index (χ3v) is 3.86. The van der Waals surface area contributed by atoms with E-state index in [1.807, 2.05) is 0 Å². The van der Waals surface area contributed by atoms with Crippen molar-refractivity contribution >= 4 is 45.9 Å². The van der Waals surface area contributed by atoms with E-state index in [1.165, 1.54) is 22.7 Å². The van der Waals surface area contributed by atoms with Gasteiger partial charge in [-0.15, -0.1) is 0 Å². The Morgan fingerprint density at radius 2 is 2.22 bits per heavy atom. The molecule has 18 heavy (non-hydrogen) atoms. The molecule has 0 spiro atoms. The minimum absolute atomic E-state index is 0.0645. The lowest BCUT2D eigenvalue weighted by Crippen LogP contribution is -2.33. The molecule has 0 saturated carbocycles. The van der Waals surface area contributed by atoms with Gasteiger partial charge in [-0.05, 0) is 12.1 Å². The van der Waals surface area contributed by atoms with Crippen molar-refractivity contribution in [1.82, 2.24) is 4.90 Å². The molecular formula is C11H10N2O3S2. The number of carboxylic acid groups (broad SMARTS) is 1. The Kier molecular flexibility index (Phi) is 3.83. The highest BCUT2D eigenvalue weighted by Crippen LogP contribution is 2.20. The third kappa shape index (κ3) is 2.62. The van der Waals surface area contributed by atoms with Crippen LogP contribution in [0.2, 0.25) is 0 Å². The van der Waals surface area contributed by atoms with Crippen molar-refractivity contribution in [3.8, 4) is 0 Å². The van der Waals surface area contributed by atoms with Crippen LogP contribution < -0.4 is 5.32 Å². The first kappa shape index (κ1) is 12.8. The van der Waals surface area contributed by atoms with Crippen molar-refractivity contribution in [3.05, 3.63) is 29.8 Å². The van der Waals surface area contributed by atoms with Crippen molar-refractivity contribution < 1.29 is 14.7 Å². The monoisotopic (exact) mass is 282 g/mol. The van der Waals surface area contributed by atoms with E-state index in [0.717, 1.165) is 0 Å². The molecule has 0 aromatic heterocycles. The summed E-state index contributed by atoms with van der Waals surface area (Å²) < 4.78 is 0.514. The van der Waals surface area contributed by atoms with E-state index in [-0.39, 0.29) is 18.1 Å². The first-order valence-electron chi connectivity index (χ1n) is 5.13. The lowest BCUT2D eigenvalue weighted by molar-refractivity contribution is -0.123. The van der Waals surface area contributed by atoms with Crippen LogP contribution in [0.25, 0.3) is 0 Å². The van der Waals surface area contributed by atoms with Crippen LogP contribution in [-0.2, 0) is 4.79 Å². The van der Waals surface area contributed by atoms with E-state index in [4.69, 9.17) is 17.3 Å². The number of carboxylic acids is 1. The van der Waals surface area contributed by atoms with Gasteiger partial charge in [0.05, 0.1) is 23.7 Å². The lowest BCUT2D eigenvalue weighted by atomic mass is 10.2. The van der Waals surface area contributed by atoms with E-state index >= 15 is 0 Å². The smallest absolute Gasteiger partial charge is 0.337 e. The number of nitrogens with one attached hydrogen (secondary N) is 1. The topological polar surface area (TPSA) is 69.6 Å². The molecule has 1 fully saturated rings. The Balaban J connectivity index is 2.09. The van der Waals surface area contributed by atoms with Gasteiger partial charge >= 0.3 is 5.97 Å². The van der Waals surface area contributed by atoms with Crippen LogP contribution in [0.4, 0.5) is 5.69 Å². The van der Waals surface area contributed by atoms with Gasteiger partial charge in [0.2, 0.25) is 5.91 Å². The molecule has 1 aromatic carbocycles. The van der Waals surface area contributed by atoms with Crippen LogP contribution in [0.5, 0.6) is 0 Å². The zero-order valence-electron chi connectivity index (χ0n) is 9.25. The van der Waals surface area contributed by atoms with Crippen molar-refractivity contribution in [2.24, 2.45) is 0 Å². The molecule has 1 aliphatic rings. The second-order valence-corrected chi connectivity index (χ2v) is 5.17. The molecule has 0 radical (unpaired) electrons. The third-order valence-electron chi connectivity index (χ3n) is 2.43. The van der Waals surface area contributed by atoms with Crippen LogP contribution >= 0.6 is 24.0 Å². The number of hydrogen-bond donors (Lipinski definition) is 2. The van der Waals surface area contributed by atoms with Gasteiger partial charge < -0.3 is 10.4 Å². The highest BCUT2D eigenvalue weighted by atomic mass is 32.2. The number of thioether (sulfide) groups is 1. The fourth-order valence-corrected chi connectivity index (χ4v) is 2.59. The maximum absolute atomic E-state index is 11.5. The van der Waals surface area contributed by atoms with Gasteiger partial charge in [-0.25, -0.2) is 4.79 Å². The van der Waals surface area contributed by atoms with Gasteiger partial charge in [-0.1, -0.05) is 36.1 Å². The molecule has 0 bridgehead atoms. The zero-order chi connectivity index (χ0) is 13.1. The molecule has 2 rings (SSSR count). The van der Waals surface area contributed by atoms with Crippen molar-refractivity contribution in [2.45, 2.75) is 0 Å². The molecular weight excluding hydrogens is 272 g/mol. The predicted molar refractivity (Wildman–Crippen MR) is 73.8 cm³/mol. The van der Waals surface area contributed by atoms with E-state index in [9.17, 15) is 9.59 Å². The standard InChI is InChI=1S/C11H10N2O3S2/c14-9-5-18-11(17)13(9)6-12-8-4-2-1-3-7(8)10(15)16/h1-4,12H,5-6H2,(H,15,16). The largest absolute Gasteiger partial charge is 0.478 e. The summed E-state index contributed by atoms with van der Waals surface area (Å²) in [5.74, 6) is -0.728. The van der Waals surface area contributed by atoms with Gasteiger partial charge in [0.1, 0.15) is 4.32 Å². The van der Waals surface area contributed by atoms with Crippen LogP contribution in [0.3, 0.4) is 0 Å². The highest BCUT2D eigenvalue weighted by Gasteiger charge is 2.26. The lowest BCUT2D eigenvalue weighted by Gasteiger charge is -2.17. The van der Waals surface area contributed by atoms with Crippen LogP contribution in [0.15, 0.2) is 24.3 Å². The summed E-state index contributed by atoms with van der Waals surface area (Å²) in [4.78, 5) is 23.9. The molecule has 0 aliphatic carbocycles. The van der Waals surface area contributed by atoms with E-state index < -0.39 is 5.97 Å². The Morgan fingerprint density at radius 3 is 2.83 bits per heavy atom. The summed E-state index contributed by atoms with van der Waals surface area (Å²) in [6.07, 6.45) is 0. The Labute approximate surface area is 113 Å². The quantitative estimate of drug-likeness (QED) is 0.818. The summed E-state index contributed by atoms with van der Waals surface area (Å²) >= 11 is 6.34. The molecule has 1 heterocycles. The van der Waals surface area contributed by atoms with Gasteiger partial charge in [-0.3, -0.25) is 9.69 Å². The minimum atomic E-state index is -1.01. The normalized spacial score (nSPS) is 15.0. The van der Waals surface area contributed by atoms with Crippen molar-refractivity contribution in [2.75, 3.05) is 17.7 Å². The summed E-state index contributed by atoms with van der Waals surface area (Å²) in [5.41, 5.74) is 0.639. The number of benzene rings is 1. The number of thiocarbonyl (C=S) groups is 1. The molecule has 0 atom stereocenters. The van der Waals surface area contributed by atoms with Crippen molar-refractivity contribution in [3.63, 3.8) is 0 Å². The van der Waals surface area contributed by atoms with Gasteiger partial charge in [0.25, 0.3) is 0 Å². The molecule has 1 saturated heterocycles. The molecule has 0 unspecified atom stereocenters. The highest BCUT2D eigenvalue weighted by molar-refractivity contribution is 8.23. The number of aromatic carboxylic acids is 1. The number of rotatable bonds is 4. The first-order valence-corrected chi connectivity index (χ1v) is 6.52. The number of anilines is 1. The van der Waals surface area contributed by atoms with Crippen molar-refractivity contribution in [1.29, 1.82) is 0 Å². The number of amides is 1. The predicted octanol–water partition coefficient (Wildman–Crippen LogP) is 1.61. The maximum Gasteiger partial charge on any atom is 0.337 e. The second kappa shape index (κ2) is 5.36. The molecule has 2 N–H and O–H groups in total. The Bertz CT molecular complexity index is 503.